The predicted octanol–water partition coefficient (Wildman–Crippen LogP) is 1.59. The van der Waals surface area contributed by atoms with Gasteiger partial charge in [-0.05, 0) is 19.3 Å². The van der Waals surface area contributed by atoms with Gasteiger partial charge in [-0.3, -0.25) is 57.5 Å². The number of unbranched alkanes of at least 4 members (excludes halogenated alkanes) is 1. The number of nitrogens with zero attached hydrogens (tertiary/aromatic N) is 9. The van der Waals surface area contributed by atoms with Crippen molar-refractivity contribution in [2.75, 3.05) is 160 Å². The number of carbonyl (C=O) groups is 13. The predicted molar refractivity (Wildman–Crippen MR) is 333 cm³/mol. The molecule has 1 unspecified atom stereocenters. The molecule has 0 rings (SSSR count). The summed E-state index contributed by atoms with van der Waals surface area (Å²) in [5.41, 5.74) is 0. The summed E-state index contributed by atoms with van der Waals surface area (Å²) in [7, 11) is 5.01. The van der Waals surface area contributed by atoms with Gasteiger partial charge in [0.05, 0.1) is 6.42 Å². The molecule has 0 saturated heterocycles. The molecule has 11 amide bonds. The molecule has 0 saturated carbocycles. The number of aliphatic carboxylic acids is 2. The Morgan fingerprint density at radius 3 is 1.00 bits per heavy atom. The minimum atomic E-state index is -1.13. The molecule has 0 aromatic carbocycles. The van der Waals surface area contributed by atoms with Crippen LogP contribution in [0.25, 0.3) is 0 Å². The maximum absolute atomic E-state index is 12.5. The highest BCUT2D eigenvalue weighted by Crippen LogP contribution is 2.10. The number of hydrogen-bond acceptors (Lipinski definition) is 16. The van der Waals surface area contributed by atoms with Crippen molar-refractivity contribution in [2.24, 2.45) is 0 Å². The maximum Gasteiger partial charge on any atom is 0.326 e. The zero-order chi connectivity index (χ0) is 65.0. The summed E-state index contributed by atoms with van der Waals surface area (Å²) in [4.78, 5) is 169. The van der Waals surface area contributed by atoms with Crippen LogP contribution in [0.1, 0.15) is 114 Å². The molecule has 0 bridgehead atoms. The van der Waals surface area contributed by atoms with Crippen molar-refractivity contribution in [1.82, 2.24) is 54.7 Å². The van der Waals surface area contributed by atoms with Crippen molar-refractivity contribution in [3.63, 3.8) is 0 Å². The molecule has 488 valence electrons. The Morgan fingerprint density at radius 2 is 0.682 bits per heavy atom. The fourth-order valence-electron chi connectivity index (χ4n) is 7.52. The zero-order valence-electron chi connectivity index (χ0n) is 52.7. The summed E-state index contributed by atoms with van der Waals surface area (Å²) in [6.07, 6.45) is 2.42. The summed E-state index contributed by atoms with van der Waals surface area (Å²) < 4.78 is 0. The van der Waals surface area contributed by atoms with Crippen molar-refractivity contribution >= 4 is 112 Å². The number of carbonyl (C=O) groups excluding carboxylic acids is 11. The van der Waals surface area contributed by atoms with Gasteiger partial charge in [-0.15, -0.1) is 0 Å². The summed E-state index contributed by atoms with van der Waals surface area (Å²) >= 11 is 4.50. The lowest BCUT2D eigenvalue weighted by Crippen LogP contribution is -2.44. The molecule has 0 heterocycles. The van der Waals surface area contributed by atoms with Crippen LogP contribution in [0.5, 0.6) is 0 Å². The molecule has 0 aromatic rings. The number of amides is 11. The van der Waals surface area contributed by atoms with Gasteiger partial charge in [0.1, 0.15) is 6.04 Å². The average Bonchev–Trinajstić information content (AvgIpc) is 3.48. The van der Waals surface area contributed by atoms with Gasteiger partial charge in [0.25, 0.3) is 0 Å². The first-order chi connectivity index (χ1) is 40.0. The van der Waals surface area contributed by atoms with Crippen LogP contribution in [0.15, 0.2) is 0 Å². The van der Waals surface area contributed by atoms with Gasteiger partial charge in [-0.2, -0.15) is 35.3 Å². The third kappa shape index (κ3) is 41.8. The number of likely N-dealkylation sites (N-methyl/N-ethyl adjacent to an activating group) is 3. The van der Waals surface area contributed by atoms with Crippen LogP contribution in [0.2, 0.25) is 0 Å². The van der Waals surface area contributed by atoms with Crippen LogP contribution in [-0.4, -0.2) is 298 Å². The summed E-state index contributed by atoms with van der Waals surface area (Å²) in [5.74, 6) is 0.0696. The van der Waals surface area contributed by atoms with Crippen molar-refractivity contribution in [3.8, 4) is 0 Å². The highest BCUT2D eigenvalue weighted by Gasteiger charge is 2.22. The Hall–Kier alpha value is -5.84. The highest BCUT2D eigenvalue weighted by atomic mass is 32.2. The van der Waals surface area contributed by atoms with Crippen molar-refractivity contribution in [3.05, 3.63) is 0 Å². The Bertz CT molecular complexity index is 2110. The van der Waals surface area contributed by atoms with E-state index in [0.29, 0.717) is 165 Å². The highest BCUT2D eigenvalue weighted by molar-refractivity contribution is 7.99. The van der Waals surface area contributed by atoms with Crippen LogP contribution in [0.4, 0.5) is 0 Å². The van der Waals surface area contributed by atoms with Crippen molar-refractivity contribution in [2.45, 2.75) is 120 Å². The first-order valence-corrected chi connectivity index (χ1v) is 32.4. The van der Waals surface area contributed by atoms with E-state index in [4.69, 9.17) is 5.11 Å². The molecule has 0 aliphatic carbocycles. The van der Waals surface area contributed by atoms with Gasteiger partial charge >= 0.3 is 11.9 Å². The summed E-state index contributed by atoms with van der Waals surface area (Å²) in [5, 5.41) is 23.7. The van der Waals surface area contributed by atoms with Crippen molar-refractivity contribution in [1.29, 1.82) is 0 Å². The SMILES string of the molecule is CCC(=O)N(CCSCCC(=O)NC(CCCCNC(=O)CCSCCN(CCN(CCN(C)C(C)=O)C(C)=O)C(C)=O)C(=O)O)CCN(CCN(C)C(C)=O)C(C)=O.CCC(=O)N(CCSCCC(=O)O)CCN(CCN(C)C(C)=O)C(C)=O. The van der Waals surface area contributed by atoms with Crippen LogP contribution in [0, 0.1) is 0 Å². The summed E-state index contributed by atoms with van der Waals surface area (Å²) in [6.45, 7) is 20.2. The quantitative estimate of drug-likeness (QED) is 0.0629. The topological polar surface area (TPSA) is 316 Å². The molecule has 26 nitrogen and oxygen atoms in total. The fourth-order valence-corrected chi connectivity index (χ4v) is 10.2. The zero-order valence-corrected chi connectivity index (χ0v) is 55.2. The van der Waals surface area contributed by atoms with Gasteiger partial charge in [-0.25, -0.2) is 4.79 Å². The molecular weight excluding hydrogens is 1160 g/mol. The largest absolute Gasteiger partial charge is 0.481 e. The van der Waals surface area contributed by atoms with E-state index in [2.05, 4.69) is 10.6 Å². The van der Waals surface area contributed by atoms with E-state index in [1.54, 1.807) is 69.3 Å². The van der Waals surface area contributed by atoms with Gasteiger partial charge in [0, 0.05) is 235 Å². The van der Waals surface area contributed by atoms with Gasteiger partial charge in [0.2, 0.25) is 65.0 Å². The molecule has 0 aliphatic rings. The van der Waals surface area contributed by atoms with Crippen LogP contribution >= 0.6 is 35.3 Å². The molecule has 0 spiro atoms. The Labute approximate surface area is 517 Å². The third-order valence-corrected chi connectivity index (χ3v) is 16.4. The third-order valence-electron chi connectivity index (χ3n) is 13.5. The second-order valence-corrected chi connectivity index (χ2v) is 23.8. The van der Waals surface area contributed by atoms with E-state index in [1.807, 2.05) is 0 Å². The van der Waals surface area contributed by atoms with Gasteiger partial charge in [-0.1, -0.05) is 13.8 Å². The molecular formula is C56H101N11O15S3. The normalized spacial score (nSPS) is 10.9. The first-order valence-electron chi connectivity index (χ1n) is 29.0. The average molecular weight is 1260 g/mol. The first kappa shape index (κ1) is 81.2. The Morgan fingerprint density at radius 1 is 0.376 bits per heavy atom. The van der Waals surface area contributed by atoms with E-state index >= 15 is 0 Å². The van der Waals surface area contributed by atoms with E-state index in [0.717, 1.165) is 0 Å². The number of nitrogens with one attached hydrogen (secondary N) is 2. The molecule has 0 radical (unpaired) electrons. The maximum atomic E-state index is 12.5. The summed E-state index contributed by atoms with van der Waals surface area (Å²) in [6, 6.07) is -1.05. The Balaban J connectivity index is 0. The van der Waals surface area contributed by atoms with Gasteiger partial charge in [0.15, 0.2) is 0 Å². The lowest BCUT2D eigenvalue weighted by molar-refractivity contribution is -0.142. The molecule has 1 atom stereocenters. The molecule has 0 fully saturated rings. The van der Waals surface area contributed by atoms with E-state index < -0.39 is 18.0 Å². The second kappa shape index (κ2) is 48.3. The van der Waals surface area contributed by atoms with Crippen LogP contribution < -0.4 is 10.6 Å². The molecule has 29 heteroatoms. The van der Waals surface area contributed by atoms with E-state index in [1.165, 1.54) is 93.6 Å². The number of thioether (sulfide) groups is 3. The second-order valence-electron chi connectivity index (χ2n) is 20.1. The van der Waals surface area contributed by atoms with E-state index in [-0.39, 0.29) is 90.7 Å². The number of rotatable bonds is 45. The fraction of sp³-hybridized carbons (Fsp3) is 0.768. The molecule has 85 heavy (non-hydrogen) atoms. The standard InChI is InChI=1S/C39H70N8O10S2.C17H31N3O5S/c1-9-38(55)47(23-22-45(33(5)51)19-17-43(8)31(3)49)25-29-59-27-14-37(54)41-35(39(56)57)12-10-11-15-40-36(53)13-26-58-28-24-46(34(6)52)21-20-44(32(4)50)18-16-42(7)30(2)48;1-5-16(23)20(11-13-26-12-6-17(24)25)10-9-19(15(3)22)8-7-18(4)14(2)21/h35H,9-29H2,1-8H3,(H,40,53)(H,41,54)(H,56,57);5-13H2,1-4H3,(H,24,25). The smallest absolute Gasteiger partial charge is 0.326 e. The van der Waals surface area contributed by atoms with Gasteiger partial charge < -0.3 is 64.9 Å². The molecule has 0 aromatic heterocycles. The van der Waals surface area contributed by atoms with Crippen LogP contribution in [0.3, 0.4) is 0 Å². The Kier molecular flexibility index (Phi) is 46.1. The van der Waals surface area contributed by atoms with Crippen LogP contribution in [-0.2, 0) is 62.3 Å². The lowest BCUT2D eigenvalue weighted by atomic mass is 10.1. The number of carboxylic acid groups (broad SMARTS) is 2. The number of carboxylic acids is 2. The minimum absolute atomic E-state index is 0.00758. The minimum Gasteiger partial charge on any atom is -0.481 e. The molecule has 4 N–H and O–H groups in total. The monoisotopic (exact) mass is 1260 g/mol. The lowest BCUT2D eigenvalue weighted by Gasteiger charge is -2.28. The number of hydrogen-bond donors (Lipinski definition) is 4. The molecule has 0 aliphatic heterocycles. The van der Waals surface area contributed by atoms with E-state index in [9.17, 15) is 67.4 Å². The van der Waals surface area contributed by atoms with Crippen molar-refractivity contribution < 1.29 is 72.5 Å².